The minimum atomic E-state index is -0.173. The molecule has 0 bridgehead atoms. The van der Waals surface area contributed by atoms with Crippen molar-refractivity contribution in [3.63, 3.8) is 0 Å². The third kappa shape index (κ3) is 3.79. The summed E-state index contributed by atoms with van der Waals surface area (Å²) in [7, 11) is 0. The van der Waals surface area contributed by atoms with Gasteiger partial charge in [-0.3, -0.25) is 4.99 Å². The molecule has 21 heavy (non-hydrogen) atoms. The Morgan fingerprint density at radius 1 is 1.29 bits per heavy atom. The van der Waals surface area contributed by atoms with Gasteiger partial charge in [0.2, 0.25) is 0 Å². The minimum absolute atomic E-state index is 0.173. The Hall–Kier alpha value is -1.03. The summed E-state index contributed by atoms with van der Waals surface area (Å²) in [5, 5.41) is 4.59. The highest BCUT2D eigenvalue weighted by Crippen LogP contribution is 2.43. The average molecular weight is 306 g/mol. The van der Waals surface area contributed by atoms with E-state index in [2.05, 4.69) is 12.2 Å². The lowest BCUT2D eigenvalue weighted by molar-refractivity contribution is 0.358. The van der Waals surface area contributed by atoms with Crippen LogP contribution in [0.1, 0.15) is 38.2 Å². The number of benzene rings is 1. The lowest BCUT2D eigenvalue weighted by Crippen LogP contribution is -2.38. The van der Waals surface area contributed by atoms with E-state index in [1.165, 1.54) is 43.6 Å². The van der Waals surface area contributed by atoms with Crippen molar-refractivity contribution in [1.29, 1.82) is 0 Å². The van der Waals surface area contributed by atoms with Crippen molar-refractivity contribution in [1.82, 2.24) is 5.32 Å². The van der Waals surface area contributed by atoms with E-state index in [4.69, 9.17) is 4.99 Å². The Morgan fingerprint density at radius 3 is 2.62 bits per heavy atom. The molecule has 0 amide bonds. The van der Waals surface area contributed by atoms with E-state index < -0.39 is 0 Å². The summed E-state index contributed by atoms with van der Waals surface area (Å²) >= 11 is 1.88. The predicted molar refractivity (Wildman–Crippen MR) is 88.4 cm³/mol. The first-order valence-corrected chi connectivity index (χ1v) is 8.82. The van der Waals surface area contributed by atoms with Crippen molar-refractivity contribution in [3.8, 4) is 0 Å². The number of nitrogens with zero attached hydrogens (tertiary/aromatic N) is 1. The average Bonchev–Trinajstić information content (AvgIpc) is 2.93. The van der Waals surface area contributed by atoms with E-state index in [1.54, 1.807) is 0 Å². The first kappa shape index (κ1) is 14.9. The number of halogens is 1. The summed E-state index contributed by atoms with van der Waals surface area (Å²) in [6.07, 6.45) is 6.34. The zero-order chi connectivity index (χ0) is 14.7. The van der Waals surface area contributed by atoms with Crippen molar-refractivity contribution < 1.29 is 4.39 Å². The van der Waals surface area contributed by atoms with E-state index in [9.17, 15) is 4.39 Å². The van der Waals surface area contributed by atoms with Crippen LogP contribution in [0.5, 0.6) is 0 Å². The van der Waals surface area contributed by atoms with Gasteiger partial charge in [0.05, 0.1) is 0 Å². The highest BCUT2D eigenvalue weighted by Gasteiger charge is 2.36. The Morgan fingerprint density at radius 2 is 2.00 bits per heavy atom. The summed E-state index contributed by atoms with van der Waals surface area (Å²) in [5.41, 5.74) is 1.65. The van der Waals surface area contributed by atoms with Gasteiger partial charge in [0.15, 0.2) is 5.17 Å². The monoisotopic (exact) mass is 306 g/mol. The Balaban J connectivity index is 1.52. The quantitative estimate of drug-likeness (QED) is 0.912. The van der Waals surface area contributed by atoms with Crippen molar-refractivity contribution in [2.24, 2.45) is 10.4 Å². The maximum Gasteiger partial charge on any atom is 0.156 e. The summed E-state index contributed by atoms with van der Waals surface area (Å²) in [5.74, 6) is 1.04. The fourth-order valence-electron chi connectivity index (χ4n) is 3.30. The van der Waals surface area contributed by atoms with Crippen LogP contribution in [0.2, 0.25) is 0 Å². The maximum atomic E-state index is 12.9. The van der Waals surface area contributed by atoms with Crippen LogP contribution >= 0.6 is 11.8 Å². The summed E-state index contributed by atoms with van der Waals surface area (Å²) in [4.78, 5) is 4.77. The van der Waals surface area contributed by atoms with Gasteiger partial charge in [0.1, 0.15) is 5.82 Å². The molecule has 0 radical (unpaired) electrons. The lowest BCUT2D eigenvalue weighted by Gasteiger charge is -2.32. The number of nitrogens with one attached hydrogen (secondary N) is 1. The van der Waals surface area contributed by atoms with Crippen LogP contribution in [-0.2, 0) is 6.42 Å². The van der Waals surface area contributed by atoms with Gasteiger partial charge in [0, 0.05) is 18.3 Å². The number of hydrogen-bond acceptors (Lipinski definition) is 3. The number of amidine groups is 1. The molecular weight excluding hydrogens is 283 g/mol. The van der Waals surface area contributed by atoms with E-state index in [-0.39, 0.29) is 5.82 Å². The van der Waals surface area contributed by atoms with Crippen LogP contribution in [0.4, 0.5) is 4.39 Å². The number of aliphatic imine (C=N–C) groups is 1. The molecular formula is C17H23FN2S. The van der Waals surface area contributed by atoms with Crippen LogP contribution in [0.25, 0.3) is 0 Å². The van der Waals surface area contributed by atoms with E-state index in [1.807, 2.05) is 23.9 Å². The Bertz CT molecular complexity index is 506. The largest absolute Gasteiger partial charge is 0.362 e. The molecule has 1 aliphatic carbocycles. The van der Waals surface area contributed by atoms with Crippen LogP contribution in [0.15, 0.2) is 29.3 Å². The zero-order valence-corrected chi connectivity index (χ0v) is 13.4. The summed E-state index contributed by atoms with van der Waals surface area (Å²) in [6, 6.07) is 7.09. The molecule has 0 saturated heterocycles. The fraction of sp³-hybridized carbons (Fsp3) is 0.588. The molecule has 1 unspecified atom stereocenters. The van der Waals surface area contributed by atoms with Gasteiger partial charge < -0.3 is 5.32 Å². The first-order chi connectivity index (χ1) is 10.2. The molecule has 0 aromatic heterocycles. The molecule has 114 valence electrons. The number of rotatable bonds is 3. The fourth-order valence-corrected chi connectivity index (χ4v) is 4.57. The zero-order valence-electron chi connectivity index (χ0n) is 12.6. The molecule has 1 N–H and O–H groups in total. The first-order valence-electron chi connectivity index (χ1n) is 7.84. The van der Waals surface area contributed by atoms with Crippen molar-refractivity contribution in [2.75, 3.05) is 12.3 Å². The molecule has 2 aliphatic rings. The molecule has 1 aromatic rings. The minimum Gasteiger partial charge on any atom is -0.362 e. The Labute approximate surface area is 130 Å². The van der Waals surface area contributed by atoms with E-state index in [0.717, 1.165) is 23.7 Å². The lowest BCUT2D eigenvalue weighted by atomic mass is 9.89. The van der Waals surface area contributed by atoms with Gasteiger partial charge >= 0.3 is 0 Å². The molecule has 1 aromatic carbocycles. The molecule has 1 fully saturated rings. The van der Waals surface area contributed by atoms with Crippen LogP contribution in [0.3, 0.4) is 0 Å². The second-order valence-electron chi connectivity index (χ2n) is 6.49. The van der Waals surface area contributed by atoms with Crippen LogP contribution in [0, 0.1) is 11.2 Å². The van der Waals surface area contributed by atoms with E-state index in [0.29, 0.717) is 11.5 Å². The predicted octanol–water partition coefficient (Wildman–Crippen LogP) is 4.01. The van der Waals surface area contributed by atoms with Crippen LogP contribution < -0.4 is 5.32 Å². The molecule has 1 heterocycles. The molecule has 1 spiro atoms. The standard InChI is InChI=1S/C17H23FN2S/c1-13(10-14-4-6-15(18)7-5-14)20-16-19-11-17(12-21-16)8-2-3-9-17/h4-7,13H,2-3,8-12H2,1H3,(H,19,20). The highest BCUT2D eigenvalue weighted by atomic mass is 32.2. The van der Waals surface area contributed by atoms with Crippen molar-refractivity contribution in [2.45, 2.75) is 45.1 Å². The molecule has 1 saturated carbocycles. The van der Waals surface area contributed by atoms with Crippen molar-refractivity contribution >= 4 is 16.9 Å². The van der Waals surface area contributed by atoms with Gasteiger partial charge in [-0.1, -0.05) is 36.7 Å². The van der Waals surface area contributed by atoms with Gasteiger partial charge in [-0.2, -0.15) is 0 Å². The third-order valence-corrected chi connectivity index (χ3v) is 5.84. The molecule has 1 atom stereocenters. The second-order valence-corrected chi connectivity index (χ2v) is 7.46. The van der Waals surface area contributed by atoms with E-state index >= 15 is 0 Å². The van der Waals surface area contributed by atoms with Gasteiger partial charge in [-0.05, 0) is 49.3 Å². The summed E-state index contributed by atoms with van der Waals surface area (Å²) < 4.78 is 12.9. The van der Waals surface area contributed by atoms with Gasteiger partial charge in [-0.15, -0.1) is 0 Å². The normalized spacial score (nSPS) is 22.1. The number of hydrogen-bond donors (Lipinski definition) is 1. The molecule has 2 nitrogen and oxygen atoms in total. The Kier molecular flexibility index (Phi) is 4.53. The maximum absolute atomic E-state index is 12.9. The van der Waals surface area contributed by atoms with Crippen LogP contribution in [-0.4, -0.2) is 23.5 Å². The van der Waals surface area contributed by atoms with Gasteiger partial charge in [-0.25, -0.2) is 4.39 Å². The SMILES string of the molecule is CC(Cc1ccc(F)cc1)NC1=NCC2(CCCC2)CS1. The number of thioether (sulfide) groups is 1. The highest BCUT2D eigenvalue weighted by molar-refractivity contribution is 8.13. The molecule has 4 heteroatoms. The topological polar surface area (TPSA) is 24.4 Å². The smallest absolute Gasteiger partial charge is 0.156 e. The van der Waals surface area contributed by atoms with Gasteiger partial charge in [0.25, 0.3) is 0 Å². The summed E-state index contributed by atoms with van der Waals surface area (Å²) in [6.45, 7) is 3.15. The third-order valence-electron chi connectivity index (χ3n) is 4.56. The second kappa shape index (κ2) is 6.39. The molecule has 3 rings (SSSR count). The molecule has 1 aliphatic heterocycles. The van der Waals surface area contributed by atoms with Crippen molar-refractivity contribution in [3.05, 3.63) is 35.6 Å².